The zero-order chi connectivity index (χ0) is 11.5. The van der Waals surface area contributed by atoms with E-state index in [-0.39, 0.29) is 11.2 Å². The Morgan fingerprint density at radius 1 is 1.31 bits per heavy atom. The molecule has 0 unspecified atom stereocenters. The molecule has 2 aromatic rings. The summed E-state index contributed by atoms with van der Waals surface area (Å²) < 4.78 is 1.51. The van der Waals surface area contributed by atoms with Crippen LogP contribution < -0.4 is 11.2 Å². The Morgan fingerprint density at radius 2 is 2.00 bits per heavy atom. The van der Waals surface area contributed by atoms with Gasteiger partial charge in [-0.3, -0.25) is 19.3 Å². The normalized spacial score (nSPS) is 10.3. The highest BCUT2D eigenvalue weighted by Gasteiger charge is 2.06. The Hall–Kier alpha value is -2.17. The number of pyridine rings is 1. The van der Waals surface area contributed by atoms with Gasteiger partial charge in [-0.2, -0.15) is 0 Å². The van der Waals surface area contributed by atoms with Gasteiger partial charge in [0.1, 0.15) is 0 Å². The number of hydrogen-bond donors (Lipinski definition) is 1. The monoisotopic (exact) mass is 217 g/mol. The fourth-order valence-corrected chi connectivity index (χ4v) is 1.60. The van der Waals surface area contributed by atoms with Crippen molar-refractivity contribution < 1.29 is 0 Å². The summed E-state index contributed by atoms with van der Waals surface area (Å²) in [4.78, 5) is 29.0. The van der Waals surface area contributed by atoms with E-state index in [1.54, 1.807) is 24.5 Å². The molecule has 0 aliphatic heterocycles. The smallest absolute Gasteiger partial charge is 0.294 e. The van der Waals surface area contributed by atoms with E-state index in [1.807, 2.05) is 6.92 Å². The molecule has 16 heavy (non-hydrogen) atoms. The molecule has 0 saturated heterocycles. The molecule has 2 aromatic heterocycles. The van der Waals surface area contributed by atoms with Crippen molar-refractivity contribution in [2.45, 2.75) is 13.5 Å². The molecule has 0 aromatic carbocycles. The molecule has 0 fully saturated rings. The molecule has 0 bridgehead atoms. The Labute approximate surface area is 91.4 Å². The Kier molecular flexibility index (Phi) is 2.68. The summed E-state index contributed by atoms with van der Waals surface area (Å²) in [6.45, 7) is 2.36. The molecule has 5 heteroatoms. The molecular weight excluding hydrogens is 206 g/mol. The van der Waals surface area contributed by atoms with Crippen LogP contribution in [-0.2, 0) is 6.54 Å². The molecule has 0 atom stereocenters. The first kappa shape index (κ1) is 10.4. The van der Waals surface area contributed by atoms with Crippen LogP contribution in [0.3, 0.4) is 0 Å². The van der Waals surface area contributed by atoms with Crippen LogP contribution in [0, 0.1) is 0 Å². The summed E-state index contributed by atoms with van der Waals surface area (Å²) in [6.07, 6.45) is 3.25. The minimum Gasteiger partial charge on any atom is -0.294 e. The first-order chi connectivity index (χ1) is 7.72. The van der Waals surface area contributed by atoms with E-state index in [0.29, 0.717) is 12.2 Å². The molecule has 0 saturated carbocycles. The van der Waals surface area contributed by atoms with Crippen molar-refractivity contribution in [2.24, 2.45) is 0 Å². The van der Waals surface area contributed by atoms with E-state index in [2.05, 4.69) is 9.97 Å². The fourth-order valence-electron chi connectivity index (χ4n) is 1.60. The minimum absolute atomic E-state index is 0.387. The first-order valence-electron chi connectivity index (χ1n) is 4.97. The average molecular weight is 217 g/mol. The van der Waals surface area contributed by atoms with Crippen molar-refractivity contribution in [3.63, 3.8) is 0 Å². The van der Waals surface area contributed by atoms with Crippen LogP contribution in [-0.4, -0.2) is 14.5 Å². The van der Waals surface area contributed by atoms with Crippen molar-refractivity contribution in [3.8, 4) is 11.3 Å². The summed E-state index contributed by atoms with van der Waals surface area (Å²) in [5.74, 6) is 0. The maximum Gasteiger partial charge on any atom is 0.328 e. The highest BCUT2D eigenvalue weighted by atomic mass is 16.2. The second-order valence-corrected chi connectivity index (χ2v) is 3.30. The lowest BCUT2D eigenvalue weighted by molar-refractivity contribution is 0.702. The Balaban J connectivity index is 2.74. The summed E-state index contributed by atoms with van der Waals surface area (Å²) >= 11 is 0. The molecule has 1 N–H and O–H groups in total. The number of nitrogens with zero attached hydrogens (tertiary/aromatic N) is 2. The van der Waals surface area contributed by atoms with Crippen molar-refractivity contribution >= 4 is 0 Å². The molecule has 0 amide bonds. The van der Waals surface area contributed by atoms with Gasteiger partial charge in [0.2, 0.25) is 0 Å². The van der Waals surface area contributed by atoms with Gasteiger partial charge in [-0.25, -0.2) is 4.79 Å². The second kappa shape index (κ2) is 4.14. The predicted molar refractivity (Wildman–Crippen MR) is 60.2 cm³/mol. The largest absolute Gasteiger partial charge is 0.328 e. The number of nitrogens with one attached hydrogen (secondary N) is 1. The lowest BCUT2D eigenvalue weighted by Crippen LogP contribution is -2.30. The van der Waals surface area contributed by atoms with Crippen LogP contribution in [0.2, 0.25) is 0 Å². The minimum atomic E-state index is -0.387. The quantitative estimate of drug-likeness (QED) is 0.801. The maximum absolute atomic E-state index is 11.6. The molecule has 2 heterocycles. The molecule has 0 radical (unpaired) electrons. The summed E-state index contributed by atoms with van der Waals surface area (Å²) in [5, 5.41) is 0. The molecule has 2 rings (SSSR count). The van der Waals surface area contributed by atoms with Gasteiger partial charge in [-0.05, 0) is 19.1 Å². The van der Waals surface area contributed by atoms with E-state index < -0.39 is 0 Å². The lowest BCUT2D eigenvalue weighted by Gasteiger charge is -2.08. The van der Waals surface area contributed by atoms with Gasteiger partial charge in [0.05, 0.1) is 5.69 Å². The highest BCUT2D eigenvalue weighted by Crippen LogP contribution is 2.14. The zero-order valence-corrected chi connectivity index (χ0v) is 8.80. The Morgan fingerprint density at radius 3 is 2.62 bits per heavy atom. The number of aromatic amines is 1. The number of hydrogen-bond acceptors (Lipinski definition) is 3. The van der Waals surface area contributed by atoms with E-state index in [4.69, 9.17) is 0 Å². The predicted octanol–water partition coefficient (Wildman–Crippen LogP) is 0.618. The molecule has 82 valence electrons. The third kappa shape index (κ3) is 1.79. The fraction of sp³-hybridized carbons (Fsp3) is 0.182. The summed E-state index contributed by atoms with van der Waals surface area (Å²) in [5.41, 5.74) is 0.641. The van der Waals surface area contributed by atoms with Crippen LogP contribution in [0.4, 0.5) is 0 Å². The van der Waals surface area contributed by atoms with Crippen molar-refractivity contribution in [1.82, 2.24) is 14.5 Å². The Bertz CT molecular complexity index is 599. The van der Waals surface area contributed by atoms with Crippen LogP contribution in [0.5, 0.6) is 0 Å². The molecule has 0 aliphatic rings. The van der Waals surface area contributed by atoms with E-state index >= 15 is 0 Å². The second-order valence-electron chi connectivity index (χ2n) is 3.30. The van der Waals surface area contributed by atoms with Gasteiger partial charge >= 0.3 is 5.69 Å². The molecular formula is C11H11N3O2. The third-order valence-corrected chi connectivity index (χ3v) is 2.33. The maximum atomic E-state index is 11.6. The van der Waals surface area contributed by atoms with Gasteiger partial charge in [0.25, 0.3) is 5.56 Å². The third-order valence-electron chi connectivity index (χ3n) is 2.33. The standard InChI is InChI=1S/C11H11N3O2/c1-2-14-9(7-10(15)13-11(14)16)8-3-5-12-6-4-8/h3-7H,2H2,1H3,(H,13,15,16). The summed E-state index contributed by atoms with van der Waals surface area (Å²) in [6, 6.07) is 4.95. The first-order valence-corrected chi connectivity index (χ1v) is 4.97. The van der Waals surface area contributed by atoms with Crippen molar-refractivity contribution in [3.05, 3.63) is 51.4 Å². The lowest BCUT2D eigenvalue weighted by atomic mass is 10.2. The van der Waals surface area contributed by atoms with Crippen LogP contribution in [0.1, 0.15) is 6.92 Å². The number of rotatable bonds is 2. The SMILES string of the molecule is CCn1c(-c2ccncc2)cc(=O)[nH]c1=O. The van der Waals surface area contributed by atoms with Gasteiger partial charge in [0, 0.05) is 30.6 Å². The van der Waals surface area contributed by atoms with Crippen LogP contribution in [0.15, 0.2) is 40.2 Å². The number of aromatic nitrogens is 3. The van der Waals surface area contributed by atoms with Gasteiger partial charge in [-0.1, -0.05) is 0 Å². The van der Waals surface area contributed by atoms with Crippen molar-refractivity contribution in [2.75, 3.05) is 0 Å². The van der Waals surface area contributed by atoms with Gasteiger partial charge in [-0.15, -0.1) is 0 Å². The topological polar surface area (TPSA) is 67.8 Å². The molecule has 0 spiro atoms. The summed E-state index contributed by atoms with van der Waals surface area (Å²) in [7, 11) is 0. The number of H-pyrrole nitrogens is 1. The van der Waals surface area contributed by atoms with Crippen LogP contribution >= 0.6 is 0 Å². The molecule has 0 aliphatic carbocycles. The van der Waals surface area contributed by atoms with Crippen LogP contribution in [0.25, 0.3) is 11.3 Å². The highest BCUT2D eigenvalue weighted by molar-refractivity contribution is 5.58. The van der Waals surface area contributed by atoms with E-state index in [9.17, 15) is 9.59 Å². The molecule has 5 nitrogen and oxygen atoms in total. The average Bonchev–Trinajstić information content (AvgIpc) is 2.29. The van der Waals surface area contributed by atoms with E-state index in [0.717, 1.165) is 5.56 Å². The van der Waals surface area contributed by atoms with Gasteiger partial charge < -0.3 is 0 Å². The zero-order valence-electron chi connectivity index (χ0n) is 8.80. The van der Waals surface area contributed by atoms with E-state index in [1.165, 1.54) is 10.6 Å². The van der Waals surface area contributed by atoms with Gasteiger partial charge in [0.15, 0.2) is 0 Å². The van der Waals surface area contributed by atoms with Crippen molar-refractivity contribution in [1.29, 1.82) is 0 Å².